The topological polar surface area (TPSA) is 89.1 Å². The molecule has 0 heterocycles. The van der Waals surface area contributed by atoms with Crippen LogP contribution in [0.2, 0.25) is 0 Å². The zero-order chi connectivity index (χ0) is 4.83. The van der Waals surface area contributed by atoms with Crippen LogP contribution in [0.25, 0.3) is 0 Å². The minimum atomic E-state index is 0. The molecule has 0 bridgehead atoms. The van der Waals surface area contributed by atoms with Crippen molar-refractivity contribution >= 4 is 6.34 Å². The maximum Gasteiger partial charge on any atom is 0.159 e. The van der Waals surface area contributed by atoms with Gasteiger partial charge in [-0.3, -0.25) is 0 Å². The second kappa shape index (κ2) is 9.04. The first-order chi connectivity index (χ1) is 2.91. The van der Waals surface area contributed by atoms with Crippen LogP contribution < -0.4 is 11.7 Å². The Morgan fingerprint density at radius 1 is 1.29 bits per heavy atom. The van der Waals surface area contributed by atoms with Crippen LogP contribution in [0.15, 0.2) is 15.4 Å². The maximum absolute atomic E-state index is 4.57. The maximum atomic E-state index is 4.57. The second-order valence-electron chi connectivity index (χ2n) is 0.495. The first-order valence-electron chi connectivity index (χ1n) is 1.23. The van der Waals surface area contributed by atoms with Crippen LogP contribution in [-0.4, -0.2) is 6.34 Å². The van der Waals surface area contributed by atoms with Crippen molar-refractivity contribution < 1.29 is 17.1 Å². The summed E-state index contributed by atoms with van der Waals surface area (Å²) >= 11 is 0. The van der Waals surface area contributed by atoms with E-state index in [-0.39, 0.29) is 17.1 Å². The first kappa shape index (κ1) is 9.63. The Balaban J connectivity index is 0. The minimum absolute atomic E-state index is 0. The van der Waals surface area contributed by atoms with Crippen molar-refractivity contribution in [3.05, 3.63) is 0 Å². The van der Waals surface area contributed by atoms with Gasteiger partial charge in [0.25, 0.3) is 0 Å². The zero-order valence-corrected chi connectivity index (χ0v) is 4.32. The van der Waals surface area contributed by atoms with Crippen molar-refractivity contribution in [3.63, 3.8) is 0 Å². The molecule has 0 amide bonds. The van der Waals surface area contributed by atoms with Gasteiger partial charge in [0.15, 0.2) is 6.34 Å². The largest absolute Gasteiger partial charge is 0.322 e. The Labute approximate surface area is 51.3 Å². The summed E-state index contributed by atoms with van der Waals surface area (Å²) < 4.78 is 0. The van der Waals surface area contributed by atoms with Crippen molar-refractivity contribution in [1.29, 1.82) is 0 Å². The third-order valence-corrected chi connectivity index (χ3v) is 0.185. The average molecular weight is 151 g/mol. The Morgan fingerprint density at radius 2 is 1.86 bits per heavy atom. The average Bonchev–Trinajstić information content (AvgIpc) is 1.61. The molecule has 0 aliphatic carbocycles. The smallest absolute Gasteiger partial charge is 0.159 e. The van der Waals surface area contributed by atoms with E-state index < -0.39 is 0 Å². The van der Waals surface area contributed by atoms with E-state index in [9.17, 15) is 0 Å². The predicted molar refractivity (Wildman–Crippen MR) is 21.7 cm³/mol. The fourth-order valence-electron chi connectivity index (χ4n) is 0.0596. The van der Waals surface area contributed by atoms with E-state index in [0.717, 1.165) is 6.34 Å². The molecule has 0 aliphatic rings. The van der Waals surface area contributed by atoms with Crippen LogP contribution in [-0.2, 0) is 17.1 Å². The Morgan fingerprint density at radius 3 is 2.00 bits per heavy atom. The fraction of sp³-hybridized carbons (Fsp3) is 0. The molecule has 0 saturated carbocycles. The number of rotatable bonds is 1. The summed E-state index contributed by atoms with van der Waals surface area (Å²) in [5.41, 5.74) is 0. The molecular formula is CH5CuN5. The van der Waals surface area contributed by atoms with Crippen molar-refractivity contribution in [2.75, 3.05) is 0 Å². The van der Waals surface area contributed by atoms with E-state index in [1.807, 2.05) is 0 Å². The molecule has 45 valence electrons. The second-order valence-corrected chi connectivity index (χ2v) is 0.495. The molecule has 4 N–H and O–H groups in total. The number of hydrazone groups is 1. The van der Waals surface area contributed by atoms with Gasteiger partial charge in [0.1, 0.15) is 0 Å². The summed E-state index contributed by atoms with van der Waals surface area (Å²) in [6, 6.07) is 0. The van der Waals surface area contributed by atoms with Crippen LogP contribution in [0.3, 0.4) is 0 Å². The monoisotopic (exact) mass is 150 g/mol. The van der Waals surface area contributed by atoms with Crippen LogP contribution in [0.5, 0.6) is 0 Å². The molecule has 0 saturated heterocycles. The molecule has 5 nitrogen and oxygen atoms in total. The third kappa shape index (κ3) is 10.8. The molecule has 0 unspecified atom stereocenters. The van der Waals surface area contributed by atoms with Gasteiger partial charge >= 0.3 is 0 Å². The van der Waals surface area contributed by atoms with E-state index >= 15 is 0 Å². The molecule has 0 aromatic rings. The first-order valence-corrected chi connectivity index (χ1v) is 1.23. The fourth-order valence-corrected chi connectivity index (χ4v) is 0.0596. The van der Waals surface area contributed by atoms with E-state index in [0.29, 0.717) is 0 Å². The third-order valence-electron chi connectivity index (χ3n) is 0.185. The summed E-state index contributed by atoms with van der Waals surface area (Å²) in [5, 5.41) is 8.86. The molecule has 0 fully saturated rings. The molecule has 6 heteroatoms. The van der Waals surface area contributed by atoms with E-state index in [4.69, 9.17) is 0 Å². The van der Waals surface area contributed by atoms with Crippen LogP contribution >= 0.6 is 0 Å². The summed E-state index contributed by atoms with van der Waals surface area (Å²) in [6.07, 6.45) is 1.04. The van der Waals surface area contributed by atoms with Crippen LogP contribution in [0.4, 0.5) is 0 Å². The molecule has 1 radical (unpaired) electrons. The van der Waals surface area contributed by atoms with Gasteiger partial charge in [0.05, 0.1) is 0 Å². The number of nitrogens with zero attached hydrogens (tertiary/aromatic N) is 3. The van der Waals surface area contributed by atoms with Gasteiger partial charge in [-0.1, -0.05) is 5.22 Å². The van der Waals surface area contributed by atoms with Crippen molar-refractivity contribution in [1.82, 2.24) is 0 Å². The minimum Gasteiger partial charge on any atom is -0.322 e. The predicted octanol–water partition coefficient (Wildman–Crippen LogP) is -0.788. The van der Waals surface area contributed by atoms with E-state index in [1.54, 1.807) is 0 Å². The van der Waals surface area contributed by atoms with Crippen molar-refractivity contribution in [2.45, 2.75) is 0 Å². The van der Waals surface area contributed by atoms with Gasteiger partial charge in [-0.15, -0.1) is 5.11 Å². The molecule has 0 spiro atoms. The Kier molecular flexibility index (Phi) is 12.4. The molecule has 0 rings (SSSR count). The summed E-state index contributed by atoms with van der Waals surface area (Å²) in [6.45, 7) is 0. The van der Waals surface area contributed by atoms with Crippen LogP contribution in [0.1, 0.15) is 0 Å². The normalized spacial score (nSPS) is 9.71. The van der Waals surface area contributed by atoms with Gasteiger partial charge in [0.2, 0.25) is 0 Å². The van der Waals surface area contributed by atoms with Gasteiger partial charge in [-0.05, 0) is 0 Å². The molecular weight excluding hydrogens is 146 g/mol. The number of nitrogens with two attached hydrogens (primary N) is 2. The van der Waals surface area contributed by atoms with Gasteiger partial charge in [-0.2, -0.15) is 5.10 Å². The molecule has 0 atom stereocenters. The molecule has 0 aromatic heterocycles. The van der Waals surface area contributed by atoms with Gasteiger partial charge < -0.3 is 11.7 Å². The van der Waals surface area contributed by atoms with Crippen molar-refractivity contribution in [3.8, 4) is 0 Å². The van der Waals surface area contributed by atoms with Crippen molar-refractivity contribution in [2.24, 2.45) is 27.1 Å². The summed E-state index contributed by atoms with van der Waals surface area (Å²) in [7, 11) is 0. The Hall–Kier alpha value is -0.611. The number of hydrogen-bond donors (Lipinski definition) is 2. The molecule has 0 aliphatic heterocycles. The van der Waals surface area contributed by atoms with Gasteiger partial charge in [-0.25, -0.2) is 0 Å². The summed E-state index contributed by atoms with van der Waals surface area (Å²) in [5.74, 6) is 9.10. The molecule has 0 aromatic carbocycles. The Bertz CT molecular complexity index is 56.5. The number of hydrogen-bond acceptors (Lipinski definition) is 3. The SMILES string of the molecule is NN=CN=NN.[Cu]. The quantitative estimate of drug-likeness (QED) is 0.128. The van der Waals surface area contributed by atoms with E-state index in [1.165, 1.54) is 0 Å². The zero-order valence-electron chi connectivity index (χ0n) is 3.38. The molecule has 7 heavy (non-hydrogen) atoms. The van der Waals surface area contributed by atoms with Gasteiger partial charge in [0, 0.05) is 17.1 Å². The van der Waals surface area contributed by atoms with E-state index in [2.05, 4.69) is 27.1 Å². The standard InChI is InChI=1S/CH5N5.Cu/c2-4-1-5-6-3;/h1H,2H2,(H2,3,4,5);. The summed E-state index contributed by atoms with van der Waals surface area (Å²) in [4.78, 5) is 0. The van der Waals surface area contributed by atoms with Crippen LogP contribution in [0, 0.1) is 0 Å².